The molecule has 2 aromatic rings. The van der Waals surface area contributed by atoms with Crippen molar-refractivity contribution in [3.05, 3.63) is 65.7 Å². The van der Waals surface area contributed by atoms with Crippen LogP contribution < -0.4 is 70.6 Å². The third-order valence-electron chi connectivity index (χ3n) is 11.7. The van der Waals surface area contributed by atoms with Crippen molar-refractivity contribution in [3.63, 3.8) is 0 Å². The summed E-state index contributed by atoms with van der Waals surface area (Å²) in [6.45, 7) is -0.388. The Morgan fingerprint density at radius 2 is 1.36 bits per heavy atom. The van der Waals surface area contributed by atoms with E-state index in [1.54, 1.807) is 54.6 Å². The van der Waals surface area contributed by atoms with E-state index in [2.05, 4.69) is 42.2 Å². The molecule has 2 aromatic carbocycles. The number of hydrogen-bond donors (Lipinski definition) is 12. The van der Waals surface area contributed by atoms with Gasteiger partial charge in [0.15, 0.2) is 5.96 Å². The molecular formula is C47H66N14O12S2. The number of primary amides is 3. The van der Waals surface area contributed by atoms with E-state index in [1.165, 1.54) is 12.0 Å². The maximum atomic E-state index is 14.6. The summed E-state index contributed by atoms with van der Waals surface area (Å²) < 4.78 is 5.27. The number of hydrogen-bond acceptors (Lipinski definition) is 15. The van der Waals surface area contributed by atoms with Crippen LogP contribution in [0.2, 0.25) is 0 Å². The summed E-state index contributed by atoms with van der Waals surface area (Å²) >= 11 is 0. The number of ether oxygens (including phenoxy) is 1. The molecule has 0 unspecified atom stereocenters. The van der Waals surface area contributed by atoms with Crippen molar-refractivity contribution in [2.45, 2.75) is 107 Å². The molecule has 2 fully saturated rings. The van der Waals surface area contributed by atoms with Crippen LogP contribution in [0, 0.1) is 0 Å². The fraction of sp³-hybridized carbons (Fsp3) is 0.489. The second-order valence-electron chi connectivity index (χ2n) is 17.5. The van der Waals surface area contributed by atoms with Gasteiger partial charge in [-0.05, 0) is 55.4 Å². The van der Waals surface area contributed by atoms with Gasteiger partial charge in [-0.3, -0.25) is 57.7 Å². The topological polar surface area (TPSA) is 427 Å². The Kier molecular flexibility index (Phi) is 24.4. The molecule has 17 N–H and O–H groups in total. The second-order valence-corrected chi connectivity index (χ2v) is 20.1. The van der Waals surface area contributed by atoms with E-state index in [9.17, 15) is 52.7 Å². The van der Waals surface area contributed by atoms with Gasteiger partial charge in [0.2, 0.25) is 65.0 Å². The van der Waals surface area contributed by atoms with Gasteiger partial charge in [-0.2, -0.15) is 0 Å². The highest BCUT2D eigenvalue weighted by Crippen LogP contribution is 2.26. The monoisotopic (exact) mass is 1080 g/mol. The molecule has 0 aromatic heterocycles. The molecule has 2 heterocycles. The van der Waals surface area contributed by atoms with E-state index in [0.29, 0.717) is 23.3 Å². The third-order valence-corrected chi connectivity index (χ3v) is 14.1. The summed E-state index contributed by atoms with van der Waals surface area (Å²) in [5.41, 5.74) is 28.3. The molecule has 26 nitrogen and oxygen atoms in total. The van der Waals surface area contributed by atoms with E-state index < -0.39 is 133 Å². The fourth-order valence-corrected chi connectivity index (χ4v) is 10.1. The van der Waals surface area contributed by atoms with E-state index in [-0.39, 0.29) is 69.1 Å². The van der Waals surface area contributed by atoms with Crippen LogP contribution in [0.15, 0.2) is 59.6 Å². The molecule has 2 aliphatic rings. The number of aliphatic imine (C=N–C) groups is 1. The number of benzene rings is 2. The van der Waals surface area contributed by atoms with Gasteiger partial charge in [0, 0.05) is 50.3 Å². The lowest BCUT2D eigenvalue weighted by atomic mass is 10.0. The van der Waals surface area contributed by atoms with Gasteiger partial charge in [0.25, 0.3) is 0 Å². The van der Waals surface area contributed by atoms with Gasteiger partial charge in [-0.25, -0.2) is 0 Å². The van der Waals surface area contributed by atoms with Crippen molar-refractivity contribution in [3.8, 4) is 5.75 Å². The second kappa shape index (κ2) is 30.5. The van der Waals surface area contributed by atoms with Gasteiger partial charge in [-0.15, -0.1) is 0 Å². The van der Waals surface area contributed by atoms with Crippen LogP contribution in [0.5, 0.6) is 5.75 Å². The lowest BCUT2D eigenvalue weighted by Crippen LogP contribution is -2.61. The van der Waals surface area contributed by atoms with Gasteiger partial charge in [0.05, 0.1) is 20.1 Å². The predicted molar refractivity (Wildman–Crippen MR) is 277 cm³/mol. The van der Waals surface area contributed by atoms with Crippen LogP contribution >= 0.6 is 21.6 Å². The number of rotatable bonds is 20. The third kappa shape index (κ3) is 20.7. The number of nitrogens with one attached hydrogen (secondary N) is 7. The predicted octanol–water partition coefficient (Wildman–Crippen LogP) is -4.04. The Morgan fingerprint density at radius 1 is 0.747 bits per heavy atom. The number of nitrogens with zero attached hydrogens (tertiary/aromatic N) is 2. The van der Waals surface area contributed by atoms with Crippen LogP contribution in [0.4, 0.5) is 0 Å². The molecule has 28 heteroatoms. The molecule has 4 rings (SSSR count). The number of likely N-dealkylation sites (tertiary alicyclic amines) is 1. The Hall–Kier alpha value is -7.62. The maximum absolute atomic E-state index is 14.6. The largest absolute Gasteiger partial charge is 0.497 e. The maximum Gasteiger partial charge on any atom is 0.246 e. The molecule has 7 atom stereocenters. The molecular weight excluding hydrogens is 1020 g/mol. The average molecular weight is 1080 g/mol. The molecule has 0 saturated carbocycles. The minimum atomic E-state index is -1.76. The molecule has 2 aliphatic heterocycles. The summed E-state index contributed by atoms with van der Waals surface area (Å²) in [5, 5.41) is 18.0. The van der Waals surface area contributed by atoms with Crippen molar-refractivity contribution in [2.24, 2.45) is 33.7 Å². The number of guanidine groups is 1. The van der Waals surface area contributed by atoms with Crippen molar-refractivity contribution < 1.29 is 57.5 Å². The Morgan fingerprint density at radius 3 is 1.99 bits per heavy atom. The van der Waals surface area contributed by atoms with Gasteiger partial charge in [0.1, 0.15) is 48.0 Å². The Balaban J connectivity index is 1.69. The number of amides is 11. The first-order chi connectivity index (χ1) is 35.7. The average Bonchev–Trinajstić information content (AvgIpc) is 3.87. The zero-order valence-corrected chi connectivity index (χ0v) is 43.0. The smallest absolute Gasteiger partial charge is 0.246 e. The number of carbonyl (C=O) groups is 11. The first-order valence-corrected chi connectivity index (χ1v) is 26.4. The zero-order valence-electron chi connectivity index (χ0n) is 41.3. The number of methoxy groups -OCH3 is 1. The van der Waals surface area contributed by atoms with Crippen molar-refractivity contribution in [1.82, 2.24) is 42.1 Å². The van der Waals surface area contributed by atoms with Crippen LogP contribution in [0.1, 0.15) is 62.5 Å². The first kappa shape index (κ1) is 59.9. The zero-order chi connectivity index (χ0) is 55.0. The quantitative estimate of drug-likeness (QED) is 0.0260. The molecule has 0 bridgehead atoms. The summed E-state index contributed by atoms with van der Waals surface area (Å²) in [4.78, 5) is 153. The standard InChI is InChI=1S/C47H66N14O12S2/c1-73-28-13-11-27(12-14-28)22-31-42(68)58-32(21-26-7-3-2-4-8-26)43(69)56-30(15-16-36(48)62)41(67)59-33(23-37(49)63)44(70)60-34(25-75-74-20-17-39(65)55-31)46(72)61-19-6-10-35(61)45(71)57-29(9-5-18-53-47(51)52)40(66)54-24-38(50)64/h2-4,7-8,11-14,29-35H,5-6,9-10,15-25H2,1H3,(H2,48,62)(H2,49,63)(H2,50,64)(H,54,66)(H,55,65)(H,56,69)(H,57,71)(H,58,68)(H,59,67)(H,60,70)(H4,51,52,53)/t29-,30+,31+,32-,33-,34-,35+/m0/s1. The summed E-state index contributed by atoms with van der Waals surface area (Å²) in [6.07, 6.45) is -1.19. The molecule has 0 aliphatic carbocycles. The van der Waals surface area contributed by atoms with E-state index in [4.69, 9.17) is 33.4 Å². The minimum Gasteiger partial charge on any atom is -0.497 e. The van der Waals surface area contributed by atoms with Crippen LogP contribution in [-0.2, 0) is 65.6 Å². The lowest BCUT2D eigenvalue weighted by Gasteiger charge is -2.31. The summed E-state index contributed by atoms with van der Waals surface area (Å²) in [6, 6.07) is 5.55. The van der Waals surface area contributed by atoms with Crippen LogP contribution in [0.25, 0.3) is 0 Å². The van der Waals surface area contributed by atoms with E-state index >= 15 is 0 Å². The molecule has 0 radical (unpaired) electrons. The van der Waals surface area contributed by atoms with Gasteiger partial charge in [-0.1, -0.05) is 64.1 Å². The van der Waals surface area contributed by atoms with Crippen molar-refractivity contribution >= 4 is 92.5 Å². The Labute approximate surface area is 440 Å². The molecule has 2 saturated heterocycles. The molecule has 0 spiro atoms. The van der Waals surface area contributed by atoms with Crippen LogP contribution in [0.3, 0.4) is 0 Å². The molecule has 408 valence electrons. The lowest BCUT2D eigenvalue weighted by molar-refractivity contribution is -0.142. The number of nitrogens with two attached hydrogens (primary N) is 5. The highest BCUT2D eigenvalue weighted by molar-refractivity contribution is 8.76. The van der Waals surface area contributed by atoms with Gasteiger partial charge < -0.3 is 75.5 Å². The fourth-order valence-electron chi connectivity index (χ4n) is 7.91. The van der Waals surface area contributed by atoms with Crippen LogP contribution in [-0.4, -0.2) is 156 Å². The Bertz CT molecular complexity index is 2400. The highest BCUT2D eigenvalue weighted by atomic mass is 33.1. The minimum absolute atomic E-state index is 0.0170. The van der Waals surface area contributed by atoms with Gasteiger partial charge >= 0.3 is 0 Å². The van der Waals surface area contributed by atoms with E-state index in [1.807, 2.05) is 0 Å². The highest BCUT2D eigenvalue weighted by Gasteiger charge is 2.40. The number of carbonyl (C=O) groups excluding carboxylic acids is 11. The summed E-state index contributed by atoms with van der Waals surface area (Å²) in [7, 11) is 3.71. The molecule has 11 amide bonds. The van der Waals surface area contributed by atoms with Crippen molar-refractivity contribution in [2.75, 3.05) is 38.2 Å². The summed E-state index contributed by atoms with van der Waals surface area (Å²) in [5.74, 6) is -9.00. The first-order valence-electron chi connectivity index (χ1n) is 24.0. The normalized spacial score (nSPS) is 21.6. The van der Waals surface area contributed by atoms with E-state index in [0.717, 1.165) is 21.6 Å². The van der Waals surface area contributed by atoms with Crippen molar-refractivity contribution in [1.29, 1.82) is 0 Å². The molecule has 75 heavy (non-hydrogen) atoms. The SMILES string of the molecule is COc1ccc(C[C@H]2NC(=O)CCSSC[C@@H](C(=O)N3CCC[C@@H]3C(=O)N[C@@H](CCCN=C(N)N)C(=O)NCC(N)=O)NC(=O)[C@H](CC(N)=O)NC(=O)[C@@H](CCC(N)=O)NC(=O)[C@H](Cc3ccccc3)NC2=O)cc1.